The third kappa shape index (κ3) is 1.63. The van der Waals surface area contributed by atoms with Crippen LogP contribution in [0.2, 0.25) is 0 Å². The molecule has 2 heteroatoms. The van der Waals surface area contributed by atoms with E-state index in [1.54, 1.807) is 0 Å². The van der Waals surface area contributed by atoms with Gasteiger partial charge >= 0.3 is 0 Å². The van der Waals surface area contributed by atoms with Crippen molar-refractivity contribution in [1.82, 2.24) is 4.73 Å². The molecular weight excluding hydrogens is 246 g/mol. The predicted octanol–water partition coefficient (Wildman–Crippen LogP) is 5.00. The average molecular weight is 271 g/mol. The molecule has 1 N–H and O–H groups in total. The van der Waals surface area contributed by atoms with Gasteiger partial charge in [0.1, 0.15) is 0 Å². The van der Waals surface area contributed by atoms with Crippen molar-refractivity contribution in [3.8, 4) is 0 Å². The first-order valence-electron chi connectivity index (χ1n) is 7.50. The lowest BCUT2D eigenvalue weighted by atomic mass is 9.60. The van der Waals surface area contributed by atoms with Gasteiger partial charge < -0.3 is 5.21 Å². The van der Waals surface area contributed by atoms with Crippen molar-refractivity contribution >= 4 is 10.9 Å². The first-order valence-corrected chi connectivity index (χ1v) is 7.50. The minimum absolute atomic E-state index is 0.00693. The molecule has 1 atom stereocenters. The monoisotopic (exact) mass is 271 g/mol. The summed E-state index contributed by atoms with van der Waals surface area (Å²) in [5.41, 5.74) is 4.82. The van der Waals surface area contributed by atoms with Crippen molar-refractivity contribution in [2.45, 2.75) is 59.3 Å². The lowest BCUT2D eigenvalue weighted by Gasteiger charge is -2.45. The molecule has 0 spiro atoms. The molecule has 0 bridgehead atoms. The second kappa shape index (κ2) is 3.81. The Kier molecular flexibility index (Phi) is 2.58. The zero-order valence-corrected chi connectivity index (χ0v) is 13.4. The summed E-state index contributed by atoms with van der Waals surface area (Å²) in [4.78, 5) is 0. The third-order valence-electron chi connectivity index (χ3n) is 5.28. The van der Waals surface area contributed by atoms with E-state index in [0.29, 0.717) is 5.92 Å². The van der Waals surface area contributed by atoms with Crippen molar-refractivity contribution in [1.29, 1.82) is 0 Å². The maximum absolute atomic E-state index is 10.7. The van der Waals surface area contributed by atoms with Gasteiger partial charge in [-0.15, -0.1) is 0 Å². The first kappa shape index (κ1) is 13.5. The van der Waals surface area contributed by atoms with E-state index in [1.165, 1.54) is 21.2 Å². The van der Waals surface area contributed by atoms with Crippen molar-refractivity contribution in [2.75, 3.05) is 0 Å². The van der Waals surface area contributed by atoms with Gasteiger partial charge in [0.2, 0.25) is 0 Å². The van der Waals surface area contributed by atoms with Crippen LogP contribution in [0.15, 0.2) is 18.2 Å². The van der Waals surface area contributed by atoms with E-state index in [9.17, 15) is 5.21 Å². The largest absolute Gasteiger partial charge is 0.428 e. The van der Waals surface area contributed by atoms with Crippen LogP contribution in [0.5, 0.6) is 0 Å². The second-order valence-corrected chi connectivity index (χ2v) is 7.87. The fourth-order valence-electron chi connectivity index (χ4n) is 4.26. The Morgan fingerprint density at radius 3 is 2.50 bits per heavy atom. The van der Waals surface area contributed by atoms with Gasteiger partial charge in [0.25, 0.3) is 0 Å². The van der Waals surface area contributed by atoms with Crippen LogP contribution in [0.1, 0.15) is 63.8 Å². The molecule has 1 aromatic heterocycles. The Bertz CT molecular complexity index is 691. The summed E-state index contributed by atoms with van der Waals surface area (Å²) in [5, 5.41) is 11.9. The van der Waals surface area contributed by atoms with Crippen molar-refractivity contribution in [3.05, 3.63) is 35.0 Å². The summed E-state index contributed by atoms with van der Waals surface area (Å²) in [5.74, 6) is 0.448. The Morgan fingerprint density at radius 2 is 1.85 bits per heavy atom. The molecule has 0 fully saturated rings. The molecule has 0 saturated heterocycles. The number of rotatable bonds is 0. The highest BCUT2D eigenvalue weighted by Gasteiger charge is 2.45. The fraction of sp³-hybridized carbons (Fsp3) is 0.556. The maximum atomic E-state index is 10.7. The van der Waals surface area contributed by atoms with E-state index >= 15 is 0 Å². The zero-order chi connectivity index (χ0) is 14.9. The number of benzene rings is 1. The summed E-state index contributed by atoms with van der Waals surface area (Å²) in [6.45, 7) is 13.6. The van der Waals surface area contributed by atoms with Gasteiger partial charge in [0, 0.05) is 10.8 Å². The molecule has 1 aromatic carbocycles. The Labute approximate surface area is 121 Å². The molecule has 0 aliphatic heterocycles. The Hall–Kier alpha value is -1.44. The van der Waals surface area contributed by atoms with Crippen LogP contribution < -0.4 is 0 Å². The van der Waals surface area contributed by atoms with E-state index in [-0.39, 0.29) is 10.8 Å². The predicted molar refractivity (Wildman–Crippen MR) is 83.7 cm³/mol. The molecular formula is C18H25NO. The maximum Gasteiger partial charge on any atom is 0.0874 e. The van der Waals surface area contributed by atoms with Crippen LogP contribution in [0.25, 0.3) is 10.9 Å². The third-order valence-corrected chi connectivity index (χ3v) is 5.28. The number of aromatic nitrogens is 1. The summed E-state index contributed by atoms with van der Waals surface area (Å²) >= 11 is 0. The van der Waals surface area contributed by atoms with E-state index in [2.05, 4.69) is 59.7 Å². The highest BCUT2D eigenvalue weighted by atomic mass is 16.5. The number of hydrogen-bond donors (Lipinski definition) is 1. The highest BCUT2D eigenvalue weighted by molar-refractivity contribution is 5.87. The van der Waals surface area contributed by atoms with Crippen molar-refractivity contribution < 1.29 is 5.21 Å². The van der Waals surface area contributed by atoms with Crippen LogP contribution in [0, 0.1) is 12.3 Å². The van der Waals surface area contributed by atoms with Gasteiger partial charge in [0.15, 0.2) is 0 Å². The summed E-state index contributed by atoms with van der Waals surface area (Å²) in [6, 6.07) is 6.40. The molecule has 1 heterocycles. The molecule has 0 amide bonds. The first-order chi connectivity index (χ1) is 9.15. The van der Waals surface area contributed by atoms with E-state index in [0.717, 1.165) is 17.6 Å². The zero-order valence-electron chi connectivity index (χ0n) is 13.4. The molecule has 108 valence electrons. The number of fused-ring (bicyclic) bond motifs is 3. The molecule has 20 heavy (non-hydrogen) atoms. The van der Waals surface area contributed by atoms with Crippen LogP contribution in [0.4, 0.5) is 0 Å². The van der Waals surface area contributed by atoms with Crippen LogP contribution in [-0.2, 0) is 5.41 Å². The van der Waals surface area contributed by atoms with E-state index < -0.39 is 0 Å². The lowest BCUT2D eigenvalue weighted by molar-refractivity contribution is 0.135. The van der Waals surface area contributed by atoms with Crippen molar-refractivity contribution in [2.24, 2.45) is 5.41 Å². The number of hydrogen-bond acceptors (Lipinski definition) is 1. The van der Waals surface area contributed by atoms with Gasteiger partial charge in [-0.3, -0.25) is 0 Å². The highest BCUT2D eigenvalue weighted by Crippen LogP contribution is 2.54. The fourth-order valence-corrected chi connectivity index (χ4v) is 4.26. The number of aryl methyl sites for hydroxylation is 1. The second-order valence-electron chi connectivity index (χ2n) is 7.87. The minimum Gasteiger partial charge on any atom is -0.428 e. The molecule has 3 rings (SSSR count). The lowest BCUT2D eigenvalue weighted by Crippen LogP contribution is -2.38. The normalized spacial score (nSPS) is 23.8. The Balaban J connectivity index is 2.44. The molecule has 0 radical (unpaired) electrons. The van der Waals surface area contributed by atoms with Gasteiger partial charge in [-0.25, -0.2) is 0 Å². The molecule has 0 saturated carbocycles. The molecule has 1 aliphatic rings. The van der Waals surface area contributed by atoms with Gasteiger partial charge in [-0.2, -0.15) is 4.73 Å². The average Bonchev–Trinajstić information content (AvgIpc) is 2.60. The van der Waals surface area contributed by atoms with Crippen LogP contribution >= 0.6 is 0 Å². The van der Waals surface area contributed by atoms with E-state index in [1.807, 2.05) is 0 Å². The number of nitrogens with zero attached hydrogens (tertiary/aromatic N) is 1. The summed E-state index contributed by atoms with van der Waals surface area (Å²) in [6.07, 6.45) is 1.09. The van der Waals surface area contributed by atoms with Gasteiger partial charge in [-0.05, 0) is 41.9 Å². The van der Waals surface area contributed by atoms with Gasteiger partial charge in [0.05, 0.1) is 11.2 Å². The quantitative estimate of drug-likeness (QED) is 0.670. The van der Waals surface area contributed by atoms with Crippen molar-refractivity contribution in [3.63, 3.8) is 0 Å². The summed E-state index contributed by atoms with van der Waals surface area (Å²) < 4.78 is 1.45. The summed E-state index contributed by atoms with van der Waals surface area (Å²) in [7, 11) is 0. The Morgan fingerprint density at radius 1 is 1.20 bits per heavy atom. The molecule has 2 nitrogen and oxygen atoms in total. The van der Waals surface area contributed by atoms with Crippen LogP contribution in [0.3, 0.4) is 0 Å². The standard InChI is InChI=1S/C18H25NO/c1-11-7-8-13-14(9-11)19(20)16-15(13)12(2)17(3,4)10-18(16,5)6/h7-9,12,20H,10H2,1-6H3. The van der Waals surface area contributed by atoms with Gasteiger partial charge in [-0.1, -0.05) is 46.8 Å². The molecule has 2 aromatic rings. The SMILES string of the molecule is Cc1ccc2c3c(n(O)c2c1)C(C)(C)CC(C)(C)C3C. The van der Waals surface area contributed by atoms with E-state index in [4.69, 9.17) is 0 Å². The molecule has 1 unspecified atom stereocenters. The van der Waals surface area contributed by atoms with Crippen LogP contribution in [-0.4, -0.2) is 9.94 Å². The minimum atomic E-state index is -0.00693. The smallest absolute Gasteiger partial charge is 0.0874 e. The topological polar surface area (TPSA) is 25.2 Å². The molecule has 1 aliphatic carbocycles.